The summed E-state index contributed by atoms with van der Waals surface area (Å²) in [5, 5.41) is 6.36. The van der Waals surface area contributed by atoms with Gasteiger partial charge in [0.2, 0.25) is 5.91 Å². The maximum atomic E-state index is 12.2. The summed E-state index contributed by atoms with van der Waals surface area (Å²) >= 11 is 0. The average Bonchev–Trinajstić information content (AvgIpc) is 2.68. The van der Waals surface area contributed by atoms with Gasteiger partial charge in [-0.1, -0.05) is 13.3 Å². The summed E-state index contributed by atoms with van der Waals surface area (Å²) < 4.78 is 0. The average molecular weight is 222 g/mol. The van der Waals surface area contributed by atoms with E-state index in [9.17, 15) is 4.79 Å². The summed E-state index contributed by atoms with van der Waals surface area (Å²) in [5.74, 6) is 2.69. The molecule has 0 aliphatic carbocycles. The fourth-order valence-electron chi connectivity index (χ4n) is 2.34. The second kappa shape index (κ2) is 5.91. The lowest BCUT2D eigenvalue weighted by Crippen LogP contribution is -2.55. The highest BCUT2D eigenvalue weighted by Crippen LogP contribution is 2.25. The van der Waals surface area contributed by atoms with Crippen molar-refractivity contribution in [2.75, 3.05) is 6.54 Å². The Morgan fingerprint density at radius 2 is 2.44 bits per heavy atom. The van der Waals surface area contributed by atoms with Crippen molar-refractivity contribution >= 4 is 5.91 Å². The van der Waals surface area contributed by atoms with Crippen LogP contribution < -0.4 is 10.6 Å². The monoisotopic (exact) mass is 222 g/mol. The van der Waals surface area contributed by atoms with Crippen LogP contribution in [0.3, 0.4) is 0 Å². The molecule has 1 rings (SSSR count). The van der Waals surface area contributed by atoms with Gasteiger partial charge in [-0.2, -0.15) is 0 Å². The Labute approximate surface area is 98.4 Å². The van der Waals surface area contributed by atoms with Crippen LogP contribution in [-0.2, 0) is 4.79 Å². The number of carbonyl (C=O) groups excluding carboxylic acids is 1. The van der Waals surface area contributed by atoms with Crippen molar-refractivity contribution in [2.45, 2.75) is 57.5 Å². The van der Waals surface area contributed by atoms with Gasteiger partial charge >= 0.3 is 0 Å². The molecule has 1 aliphatic heterocycles. The fourth-order valence-corrected chi connectivity index (χ4v) is 2.34. The second-order valence-corrected chi connectivity index (χ2v) is 4.65. The fraction of sp³-hybridized carbons (Fsp3) is 0.769. The Hall–Kier alpha value is -1.01. The number of carbonyl (C=O) groups is 1. The van der Waals surface area contributed by atoms with Crippen LogP contribution in [0.1, 0.15) is 46.0 Å². The number of terminal acetylenes is 1. The van der Waals surface area contributed by atoms with Crippen LogP contribution in [0.25, 0.3) is 0 Å². The quantitative estimate of drug-likeness (QED) is 0.691. The zero-order valence-corrected chi connectivity index (χ0v) is 10.3. The van der Waals surface area contributed by atoms with E-state index in [-0.39, 0.29) is 17.5 Å². The van der Waals surface area contributed by atoms with E-state index >= 15 is 0 Å². The van der Waals surface area contributed by atoms with E-state index in [1.165, 1.54) is 0 Å². The normalized spacial score (nSPS) is 26.1. The van der Waals surface area contributed by atoms with E-state index in [1.807, 2.05) is 6.92 Å². The number of nitrogens with one attached hydrogen (secondary N) is 2. The largest absolute Gasteiger partial charge is 0.351 e. The highest BCUT2D eigenvalue weighted by atomic mass is 16.2. The molecule has 1 amide bonds. The van der Waals surface area contributed by atoms with Gasteiger partial charge in [-0.3, -0.25) is 4.79 Å². The molecule has 0 radical (unpaired) electrons. The summed E-state index contributed by atoms with van der Waals surface area (Å²) in [5.41, 5.74) is -0.336. The molecule has 0 spiro atoms. The molecule has 3 heteroatoms. The molecule has 0 aromatic heterocycles. The van der Waals surface area contributed by atoms with Crippen molar-refractivity contribution in [3.8, 4) is 12.3 Å². The number of amides is 1. The minimum atomic E-state index is -0.336. The molecule has 2 unspecified atom stereocenters. The summed E-state index contributed by atoms with van der Waals surface area (Å²) in [6, 6.07) is 0.0635. The summed E-state index contributed by atoms with van der Waals surface area (Å²) in [7, 11) is 0. The lowest BCUT2D eigenvalue weighted by Gasteiger charge is -2.29. The molecule has 2 atom stereocenters. The first-order valence-electron chi connectivity index (χ1n) is 6.14. The van der Waals surface area contributed by atoms with Crippen molar-refractivity contribution in [1.82, 2.24) is 10.6 Å². The standard InChI is InChI=1S/C13H22N2O/c1-4-7-11(3)15-12(16)13(8-5-2)9-6-10-14-13/h1,11,14H,5-10H2,2-3H3,(H,15,16). The molecule has 90 valence electrons. The number of hydrogen-bond acceptors (Lipinski definition) is 2. The van der Waals surface area contributed by atoms with Gasteiger partial charge in [-0.25, -0.2) is 0 Å². The Kier molecular flexibility index (Phi) is 4.82. The Morgan fingerprint density at radius 1 is 1.69 bits per heavy atom. The molecule has 1 saturated heterocycles. The zero-order valence-electron chi connectivity index (χ0n) is 10.3. The van der Waals surface area contributed by atoms with Crippen LogP contribution in [0.4, 0.5) is 0 Å². The molecule has 3 nitrogen and oxygen atoms in total. The first-order chi connectivity index (χ1) is 7.64. The minimum Gasteiger partial charge on any atom is -0.351 e. The van der Waals surface area contributed by atoms with Gasteiger partial charge in [0.15, 0.2) is 0 Å². The van der Waals surface area contributed by atoms with Gasteiger partial charge in [-0.15, -0.1) is 12.3 Å². The van der Waals surface area contributed by atoms with Crippen LogP contribution in [0.2, 0.25) is 0 Å². The van der Waals surface area contributed by atoms with Crippen LogP contribution >= 0.6 is 0 Å². The van der Waals surface area contributed by atoms with Crippen LogP contribution in [0, 0.1) is 12.3 Å². The maximum Gasteiger partial charge on any atom is 0.240 e. The maximum absolute atomic E-state index is 12.2. The summed E-state index contributed by atoms with van der Waals surface area (Å²) in [6.07, 6.45) is 9.77. The Balaban J connectivity index is 2.58. The molecule has 1 aliphatic rings. The Bertz CT molecular complexity index is 274. The van der Waals surface area contributed by atoms with Gasteiger partial charge in [-0.05, 0) is 32.7 Å². The third-order valence-electron chi connectivity index (χ3n) is 3.16. The van der Waals surface area contributed by atoms with Gasteiger partial charge in [0.25, 0.3) is 0 Å². The summed E-state index contributed by atoms with van der Waals surface area (Å²) in [6.45, 7) is 5.00. The van der Waals surface area contributed by atoms with Crippen molar-refractivity contribution in [2.24, 2.45) is 0 Å². The molecule has 0 aromatic rings. The van der Waals surface area contributed by atoms with Gasteiger partial charge in [0, 0.05) is 12.5 Å². The second-order valence-electron chi connectivity index (χ2n) is 4.65. The third kappa shape index (κ3) is 2.99. The molecule has 16 heavy (non-hydrogen) atoms. The SMILES string of the molecule is C#CCC(C)NC(=O)C1(CCC)CCCN1. The molecular formula is C13H22N2O. The lowest BCUT2D eigenvalue weighted by molar-refractivity contribution is -0.128. The lowest BCUT2D eigenvalue weighted by atomic mass is 9.90. The van der Waals surface area contributed by atoms with Crippen LogP contribution in [0.15, 0.2) is 0 Å². The molecule has 0 aromatic carbocycles. The van der Waals surface area contributed by atoms with Gasteiger partial charge < -0.3 is 10.6 Å². The first-order valence-corrected chi connectivity index (χ1v) is 6.14. The highest BCUT2D eigenvalue weighted by Gasteiger charge is 2.40. The third-order valence-corrected chi connectivity index (χ3v) is 3.16. The van der Waals surface area contributed by atoms with Crippen molar-refractivity contribution in [3.63, 3.8) is 0 Å². The minimum absolute atomic E-state index is 0.0635. The van der Waals surface area contributed by atoms with E-state index in [4.69, 9.17) is 6.42 Å². The van der Waals surface area contributed by atoms with Crippen molar-refractivity contribution in [1.29, 1.82) is 0 Å². The molecule has 0 bridgehead atoms. The van der Waals surface area contributed by atoms with E-state index in [0.29, 0.717) is 6.42 Å². The molecular weight excluding hydrogens is 200 g/mol. The highest BCUT2D eigenvalue weighted by molar-refractivity contribution is 5.86. The zero-order chi connectivity index (χ0) is 12.0. The Morgan fingerprint density at radius 3 is 2.94 bits per heavy atom. The summed E-state index contributed by atoms with van der Waals surface area (Å²) in [4.78, 5) is 12.2. The predicted octanol–water partition coefficient (Wildman–Crippen LogP) is 1.44. The molecule has 2 N–H and O–H groups in total. The van der Waals surface area contributed by atoms with Crippen LogP contribution in [0.5, 0.6) is 0 Å². The van der Waals surface area contributed by atoms with Crippen molar-refractivity contribution in [3.05, 3.63) is 0 Å². The predicted molar refractivity (Wildman–Crippen MR) is 65.9 cm³/mol. The molecule has 1 fully saturated rings. The number of hydrogen-bond donors (Lipinski definition) is 2. The van der Waals surface area contributed by atoms with Gasteiger partial charge in [0.1, 0.15) is 0 Å². The van der Waals surface area contributed by atoms with Gasteiger partial charge in [0.05, 0.1) is 5.54 Å². The van der Waals surface area contributed by atoms with E-state index in [0.717, 1.165) is 32.2 Å². The molecule has 1 heterocycles. The topological polar surface area (TPSA) is 41.1 Å². The number of rotatable bonds is 5. The first kappa shape index (κ1) is 13.1. The van der Waals surface area contributed by atoms with Crippen LogP contribution in [-0.4, -0.2) is 24.0 Å². The van der Waals surface area contributed by atoms with E-state index in [2.05, 4.69) is 23.5 Å². The van der Waals surface area contributed by atoms with Crippen molar-refractivity contribution < 1.29 is 4.79 Å². The molecule has 0 saturated carbocycles. The van der Waals surface area contributed by atoms with E-state index in [1.54, 1.807) is 0 Å². The smallest absolute Gasteiger partial charge is 0.240 e. The van der Waals surface area contributed by atoms with E-state index < -0.39 is 0 Å².